The molecule has 0 bridgehead atoms. The van der Waals surface area contributed by atoms with Crippen LogP contribution in [-0.4, -0.2) is 14.5 Å². The summed E-state index contributed by atoms with van der Waals surface area (Å²) >= 11 is 14.4. The lowest BCUT2D eigenvalue weighted by atomic mass is 10.1. The molecule has 0 aromatic heterocycles. The van der Waals surface area contributed by atoms with Gasteiger partial charge in [0.1, 0.15) is 11.5 Å². The van der Waals surface area contributed by atoms with Gasteiger partial charge in [-0.15, -0.1) is 0 Å². The number of hydrogen-bond donors (Lipinski definition) is 2. The summed E-state index contributed by atoms with van der Waals surface area (Å²) in [7, 11) is 2.93. The molecule has 2 nitrogen and oxygen atoms in total. The van der Waals surface area contributed by atoms with Crippen LogP contribution in [0.4, 0.5) is 0 Å². The van der Waals surface area contributed by atoms with Gasteiger partial charge in [-0.25, -0.2) is 0 Å². The van der Waals surface area contributed by atoms with E-state index in [1.54, 1.807) is 12.1 Å². The minimum Gasteiger partial charge on any atom is -0.507 e. The van der Waals surface area contributed by atoms with Gasteiger partial charge in [0.15, 0.2) is 4.30 Å². The molecule has 0 heterocycles. The van der Waals surface area contributed by atoms with Crippen molar-refractivity contribution in [1.29, 1.82) is 0 Å². The number of halogens is 3. The van der Waals surface area contributed by atoms with Crippen LogP contribution >= 0.6 is 56.4 Å². The summed E-state index contributed by atoms with van der Waals surface area (Å²) in [6.45, 7) is 0. The Bertz CT molecular complexity index is 1020. The first-order valence-corrected chi connectivity index (χ1v) is 11.6. The fourth-order valence-electron chi connectivity index (χ4n) is 2.72. The number of aromatic hydroxyl groups is 2. The molecule has 144 valence electrons. The van der Waals surface area contributed by atoms with Gasteiger partial charge >= 0.3 is 0 Å². The Balaban J connectivity index is 0.000000516. The van der Waals surface area contributed by atoms with Crippen molar-refractivity contribution in [2.45, 2.75) is 14.1 Å². The van der Waals surface area contributed by atoms with Gasteiger partial charge in [0.25, 0.3) is 0 Å². The van der Waals surface area contributed by atoms with E-state index >= 15 is 0 Å². The van der Waals surface area contributed by atoms with Gasteiger partial charge in [-0.2, -0.15) is 0 Å². The molecule has 0 atom stereocenters. The van der Waals surface area contributed by atoms with Gasteiger partial charge < -0.3 is 10.2 Å². The van der Waals surface area contributed by atoms with Crippen LogP contribution in [0.25, 0.3) is 21.5 Å². The largest absolute Gasteiger partial charge is 0.507 e. The van der Waals surface area contributed by atoms with E-state index in [4.69, 9.17) is 34.8 Å². The number of phenolic OH excluding ortho intramolecular Hbond substituents is 2. The lowest BCUT2D eigenvalue weighted by Crippen LogP contribution is -1.80. The van der Waals surface area contributed by atoms with Gasteiger partial charge in [0, 0.05) is 0 Å². The molecule has 2 N–H and O–H groups in total. The molecule has 0 saturated carbocycles. The molecule has 0 unspecified atom stereocenters. The van der Waals surface area contributed by atoms with Crippen LogP contribution in [0.3, 0.4) is 0 Å². The van der Waals surface area contributed by atoms with E-state index in [-0.39, 0.29) is 11.5 Å². The van der Waals surface area contributed by atoms with E-state index in [0.717, 1.165) is 31.3 Å². The second kappa shape index (κ2) is 9.86. The van der Waals surface area contributed by atoms with Crippen LogP contribution in [0.15, 0.2) is 82.6 Å². The summed E-state index contributed by atoms with van der Waals surface area (Å²) in [5, 5.41) is 24.7. The predicted molar refractivity (Wildman–Crippen MR) is 124 cm³/mol. The lowest BCUT2D eigenvalue weighted by Gasteiger charge is -2.11. The topological polar surface area (TPSA) is 40.5 Å². The van der Waals surface area contributed by atoms with Crippen molar-refractivity contribution in [3.63, 3.8) is 0 Å². The number of hydrogen-bond acceptors (Lipinski definition) is 4. The third-order valence-corrected chi connectivity index (χ3v) is 6.45. The maximum absolute atomic E-state index is 10.3. The van der Waals surface area contributed by atoms with Gasteiger partial charge in [0.05, 0.1) is 9.79 Å². The average molecular weight is 470 g/mol. The maximum Gasteiger partial charge on any atom is 0.180 e. The number of phenols is 2. The second-order valence-electron chi connectivity index (χ2n) is 5.68. The first kappa shape index (κ1) is 21.3. The zero-order valence-electron chi connectivity index (χ0n) is 14.4. The molecule has 7 heteroatoms. The standard InChI is InChI=1S/C20H14O2S2.CHCl3/c21-17-11-9-13-5-1-3-7-15(13)19(17)23-24-20-16-8-4-2-6-14(16)10-12-18(20)22;2-1(3)4/h1-12,21-22H;1H. The monoisotopic (exact) mass is 468 g/mol. The Hall–Kier alpha value is -1.43. The molecule has 0 aliphatic carbocycles. The van der Waals surface area contributed by atoms with Crippen molar-refractivity contribution in [2.75, 3.05) is 0 Å². The smallest absolute Gasteiger partial charge is 0.180 e. The molecule has 4 aromatic rings. The van der Waals surface area contributed by atoms with Crippen molar-refractivity contribution >= 4 is 77.9 Å². The van der Waals surface area contributed by atoms with Crippen LogP contribution in [0.2, 0.25) is 0 Å². The molecule has 4 rings (SSSR count). The van der Waals surface area contributed by atoms with E-state index in [1.807, 2.05) is 60.7 Å². The Kier molecular flexibility index (Phi) is 7.49. The normalized spacial score (nSPS) is 10.9. The minimum absolute atomic E-state index is 0.255. The van der Waals surface area contributed by atoms with Crippen molar-refractivity contribution in [2.24, 2.45) is 0 Å². The minimum atomic E-state index is -0.750. The summed E-state index contributed by atoms with van der Waals surface area (Å²) < 4.78 is -0.750. The SMILES string of the molecule is ClC(Cl)Cl.Oc1ccc2ccccc2c1SSc1c(O)ccc2ccccc12. The Morgan fingerprint density at radius 3 is 1.32 bits per heavy atom. The highest BCUT2D eigenvalue weighted by Gasteiger charge is 2.12. The van der Waals surface area contributed by atoms with Crippen LogP contribution in [0, 0.1) is 0 Å². The quantitative estimate of drug-likeness (QED) is 0.234. The van der Waals surface area contributed by atoms with Crippen LogP contribution < -0.4 is 0 Å². The summed E-state index contributed by atoms with van der Waals surface area (Å²) in [5.41, 5.74) is 0. The highest BCUT2D eigenvalue weighted by atomic mass is 35.6. The number of rotatable bonds is 3. The predicted octanol–water partition coefficient (Wildman–Crippen LogP) is 8.19. The van der Waals surface area contributed by atoms with Crippen LogP contribution in [0.1, 0.15) is 0 Å². The van der Waals surface area contributed by atoms with Crippen LogP contribution in [-0.2, 0) is 0 Å². The van der Waals surface area contributed by atoms with E-state index in [1.165, 1.54) is 21.6 Å². The maximum atomic E-state index is 10.3. The first-order valence-electron chi connectivity index (χ1n) is 8.15. The zero-order valence-corrected chi connectivity index (χ0v) is 18.3. The lowest BCUT2D eigenvalue weighted by molar-refractivity contribution is 0.463. The van der Waals surface area contributed by atoms with E-state index in [9.17, 15) is 10.2 Å². The number of alkyl halides is 3. The zero-order chi connectivity index (χ0) is 20.1. The third kappa shape index (κ3) is 5.13. The first-order chi connectivity index (χ1) is 13.5. The number of benzene rings is 4. The molecule has 28 heavy (non-hydrogen) atoms. The molecule has 0 radical (unpaired) electrons. The highest BCUT2D eigenvalue weighted by Crippen LogP contribution is 2.49. The average Bonchev–Trinajstić information content (AvgIpc) is 2.68. The molecular weight excluding hydrogens is 455 g/mol. The molecule has 0 aliphatic heterocycles. The molecule has 0 aliphatic rings. The molecule has 0 saturated heterocycles. The summed E-state index contributed by atoms with van der Waals surface area (Å²) in [4.78, 5) is 1.62. The number of fused-ring (bicyclic) bond motifs is 2. The van der Waals surface area contributed by atoms with Gasteiger partial charge in [0.2, 0.25) is 0 Å². The van der Waals surface area contributed by atoms with Gasteiger partial charge in [-0.3, -0.25) is 0 Å². The third-order valence-electron chi connectivity index (χ3n) is 3.93. The Morgan fingerprint density at radius 1 is 0.571 bits per heavy atom. The van der Waals surface area contributed by atoms with Gasteiger partial charge in [-0.05, 0) is 55.3 Å². The van der Waals surface area contributed by atoms with Crippen molar-refractivity contribution in [1.82, 2.24) is 0 Å². The fraction of sp³-hybridized carbons (Fsp3) is 0.0476. The van der Waals surface area contributed by atoms with Crippen molar-refractivity contribution in [3.8, 4) is 11.5 Å². The molecular formula is C21H15Cl3O2S2. The van der Waals surface area contributed by atoms with Crippen LogP contribution in [0.5, 0.6) is 11.5 Å². The molecule has 4 aromatic carbocycles. The van der Waals surface area contributed by atoms with Crippen molar-refractivity contribution in [3.05, 3.63) is 72.8 Å². The fourth-order valence-corrected chi connectivity index (χ4v) is 5.30. The molecule has 0 amide bonds. The van der Waals surface area contributed by atoms with E-state index in [2.05, 4.69) is 0 Å². The Labute approximate surface area is 185 Å². The molecule has 0 spiro atoms. The highest BCUT2D eigenvalue weighted by molar-refractivity contribution is 8.76. The second-order valence-corrected chi connectivity index (χ2v) is 9.81. The van der Waals surface area contributed by atoms with E-state index < -0.39 is 4.30 Å². The molecule has 0 fully saturated rings. The van der Waals surface area contributed by atoms with E-state index in [0.29, 0.717) is 0 Å². The Morgan fingerprint density at radius 2 is 0.929 bits per heavy atom. The summed E-state index contributed by atoms with van der Waals surface area (Å²) in [6, 6.07) is 23.2. The summed E-state index contributed by atoms with van der Waals surface area (Å²) in [5.74, 6) is 0.511. The van der Waals surface area contributed by atoms with Crippen molar-refractivity contribution < 1.29 is 10.2 Å². The van der Waals surface area contributed by atoms with Gasteiger partial charge in [-0.1, -0.05) is 95.5 Å². The summed E-state index contributed by atoms with van der Waals surface area (Å²) in [6.07, 6.45) is 0.